The largest absolute Gasteiger partial charge is 0.322 e. The van der Waals surface area contributed by atoms with Gasteiger partial charge in [0.25, 0.3) is 0 Å². The van der Waals surface area contributed by atoms with Crippen molar-refractivity contribution in [3.63, 3.8) is 0 Å². The van der Waals surface area contributed by atoms with Crippen LogP contribution in [-0.4, -0.2) is 34.0 Å². The van der Waals surface area contributed by atoms with Crippen LogP contribution in [0.1, 0.15) is 31.1 Å². The molecule has 1 N–H and O–H groups in total. The van der Waals surface area contributed by atoms with Gasteiger partial charge in [0, 0.05) is 16.7 Å². The van der Waals surface area contributed by atoms with Crippen molar-refractivity contribution in [3.05, 3.63) is 113 Å². The van der Waals surface area contributed by atoms with Gasteiger partial charge in [0.1, 0.15) is 12.6 Å². The van der Waals surface area contributed by atoms with Crippen LogP contribution in [0.3, 0.4) is 0 Å². The van der Waals surface area contributed by atoms with Gasteiger partial charge in [-0.2, -0.15) is 0 Å². The van der Waals surface area contributed by atoms with E-state index < -0.39 is 0 Å². The predicted molar refractivity (Wildman–Crippen MR) is 147 cm³/mol. The van der Waals surface area contributed by atoms with Crippen molar-refractivity contribution >= 4 is 39.2 Å². The first kappa shape index (κ1) is 23.9. The zero-order valence-corrected chi connectivity index (χ0v) is 21.7. The molecule has 3 aromatic carbocycles. The molecule has 1 aliphatic heterocycles. The van der Waals surface area contributed by atoms with Gasteiger partial charge in [0.05, 0.1) is 22.8 Å². The number of para-hydroxylation sites is 3. The second kappa shape index (κ2) is 10.0. The summed E-state index contributed by atoms with van der Waals surface area (Å²) in [6, 6.07) is 28.6. The van der Waals surface area contributed by atoms with Gasteiger partial charge >= 0.3 is 6.03 Å². The highest BCUT2D eigenvalue weighted by Gasteiger charge is 2.37. The fourth-order valence-electron chi connectivity index (χ4n) is 4.67. The molecule has 6 nitrogen and oxygen atoms in total. The first-order chi connectivity index (χ1) is 17.5. The predicted octanol–water partition coefficient (Wildman–Crippen LogP) is 6.62. The Hall–Kier alpha value is -3.84. The van der Waals surface area contributed by atoms with Crippen molar-refractivity contribution in [2.75, 3.05) is 16.8 Å². The summed E-state index contributed by atoms with van der Waals surface area (Å²) < 4.78 is 2.92. The molecule has 7 heteroatoms. The van der Waals surface area contributed by atoms with Crippen LogP contribution < -0.4 is 10.2 Å². The summed E-state index contributed by atoms with van der Waals surface area (Å²) in [5.41, 5.74) is 4.42. The smallest absolute Gasteiger partial charge is 0.316 e. The van der Waals surface area contributed by atoms with Crippen molar-refractivity contribution in [3.8, 4) is 5.69 Å². The molecule has 1 aliphatic rings. The molecule has 0 unspecified atom stereocenters. The third kappa shape index (κ3) is 4.42. The SMILES string of the molecule is CC(C)N(CC(=O)N1c2ccccc2-n2cccc2[C@H]1c1ccccc1)C(=O)Nc1ccccc1Br. The van der Waals surface area contributed by atoms with E-state index in [0.29, 0.717) is 5.69 Å². The molecule has 0 spiro atoms. The van der Waals surface area contributed by atoms with Crippen molar-refractivity contribution in [1.29, 1.82) is 0 Å². The Bertz CT molecular complexity index is 1400. The molecule has 0 aliphatic carbocycles. The fourth-order valence-corrected chi connectivity index (χ4v) is 5.06. The van der Waals surface area contributed by atoms with E-state index >= 15 is 0 Å². The minimum absolute atomic E-state index is 0.0632. The standard InChI is InChI=1S/C29H27BrN4O2/c1-20(2)33(29(36)31-23-14-7-6-13-22(23)30)19-27(35)34-25-16-9-8-15-24(25)32-18-10-17-26(32)28(34)21-11-4-3-5-12-21/h3-18,20,28H,19H2,1-2H3,(H,31,36)/t28-/m1/s1. The molecule has 0 radical (unpaired) electrons. The number of urea groups is 1. The third-order valence-electron chi connectivity index (χ3n) is 6.41. The van der Waals surface area contributed by atoms with E-state index in [9.17, 15) is 9.59 Å². The number of aromatic nitrogens is 1. The molecule has 0 saturated heterocycles. The van der Waals surface area contributed by atoms with Crippen LogP contribution in [0.5, 0.6) is 0 Å². The van der Waals surface area contributed by atoms with Gasteiger partial charge in [0.15, 0.2) is 0 Å². The number of nitrogens with one attached hydrogen (secondary N) is 1. The molecule has 1 aromatic heterocycles. The molecule has 182 valence electrons. The van der Waals surface area contributed by atoms with Crippen molar-refractivity contribution in [2.24, 2.45) is 0 Å². The molecule has 0 bridgehead atoms. The molecule has 3 amide bonds. The number of halogens is 1. The highest BCUT2D eigenvalue weighted by atomic mass is 79.9. The number of rotatable bonds is 5. The van der Waals surface area contributed by atoms with Gasteiger partial charge in [-0.15, -0.1) is 0 Å². The van der Waals surface area contributed by atoms with E-state index in [2.05, 4.69) is 25.8 Å². The molecule has 2 heterocycles. The summed E-state index contributed by atoms with van der Waals surface area (Å²) in [4.78, 5) is 30.8. The molecule has 1 atom stereocenters. The number of carbonyl (C=O) groups excluding carboxylic acids is 2. The van der Waals surface area contributed by atoms with Gasteiger partial charge in [0.2, 0.25) is 5.91 Å². The van der Waals surface area contributed by atoms with Crippen LogP contribution in [0.15, 0.2) is 102 Å². The second-order valence-corrected chi connectivity index (χ2v) is 9.85. The van der Waals surface area contributed by atoms with E-state index in [-0.39, 0.29) is 30.6 Å². The van der Waals surface area contributed by atoms with Crippen LogP contribution in [0.2, 0.25) is 0 Å². The number of amides is 3. The lowest BCUT2D eigenvalue weighted by Crippen LogP contribution is -2.49. The lowest BCUT2D eigenvalue weighted by atomic mass is 9.97. The van der Waals surface area contributed by atoms with Crippen molar-refractivity contribution in [1.82, 2.24) is 9.47 Å². The van der Waals surface area contributed by atoms with Crippen LogP contribution in [0.4, 0.5) is 16.2 Å². The van der Waals surface area contributed by atoms with Gasteiger partial charge in [-0.1, -0.05) is 54.6 Å². The Labute approximate surface area is 219 Å². The van der Waals surface area contributed by atoms with E-state index in [4.69, 9.17) is 0 Å². The highest BCUT2D eigenvalue weighted by Crippen LogP contribution is 2.42. The van der Waals surface area contributed by atoms with Crippen LogP contribution >= 0.6 is 15.9 Å². The monoisotopic (exact) mass is 542 g/mol. The van der Waals surface area contributed by atoms with Gasteiger partial charge in [-0.05, 0) is 71.7 Å². The van der Waals surface area contributed by atoms with Crippen molar-refractivity contribution in [2.45, 2.75) is 25.9 Å². The molecular formula is C29H27BrN4O2. The lowest BCUT2D eigenvalue weighted by Gasteiger charge is -2.40. The molecule has 0 saturated carbocycles. The minimum Gasteiger partial charge on any atom is -0.316 e. The summed E-state index contributed by atoms with van der Waals surface area (Å²) in [5, 5.41) is 2.94. The van der Waals surface area contributed by atoms with Gasteiger partial charge in [-0.25, -0.2) is 4.79 Å². The first-order valence-corrected chi connectivity index (χ1v) is 12.7. The van der Waals surface area contributed by atoms with E-state index in [1.54, 1.807) is 4.90 Å². The topological polar surface area (TPSA) is 57.6 Å². The maximum absolute atomic E-state index is 14.1. The molecule has 4 aromatic rings. The maximum Gasteiger partial charge on any atom is 0.322 e. The average molecular weight is 543 g/mol. The molecular weight excluding hydrogens is 516 g/mol. The summed E-state index contributed by atoms with van der Waals surface area (Å²) in [6.07, 6.45) is 2.03. The lowest BCUT2D eigenvalue weighted by molar-refractivity contribution is -0.119. The molecule has 0 fully saturated rings. The number of carbonyl (C=O) groups is 2. The molecule has 5 rings (SSSR count). The molecule has 36 heavy (non-hydrogen) atoms. The van der Waals surface area contributed by atoms with Gasteiger partial charge < -0.3 is 14.8 Å². The first-order valence-electron chi connectivity index (χ1n) is 11.9. The number of hydrogen-bond acceptors (Lipinski definition) is 2. The Kier molecular flexibility index (Phi) is 6.65. The minimum atomic E-state index is -0.324. The van der Waals surface area contributed by atoms with Crippen molar-refractivity contribution < 1.29 is 9.59 Å². The van der Waals surface area contributed by atoms with Crippen LogP contribution in [-0.2, 0) is 4.79 Å². The Morgan fingerprint density at radius 1 is 0.889 bits per heavy atom. The fraction of sp³-hybridized carbons (Fsp3) is 0.172. The van der Waals surface area contributed by atoms with Crippen LogP contribution in [0, 0.1) is 0 Å². The second-order valence-electron chi connectivity index (χ2n) is 9.00. The summed E-state index contributed by atoms with van der Waals surface area (Å²) in [7, 11) is 0. The third-order valence-corrected chi connectivity index (χ3v) is 7.10. The normalized spacial score (nSPS) is 14.2. The van der Waals surface area contributed by atoms with Gasteiger partial charge in [-0.3, -0.25) is 9.69 Å². The van der Waals surface area contributed by atoms with E-state index in [0.717, 1.165) is 27.1 Å². The zero-order chi connectivity index (χ0) is 25.2. The average Bonchev–Trinajstić information content (AvgIpc) is 3.38. The number of anilines is 2. The summed E-state index contributed by atoms with van der Waals surface area (Å²) in [5.74, 6) is -0.153. The zero-order valence-electron chi connectivity index (χ0n) is 20.1. The number of nitrogens with zero attached hydrogens (tertiary/aromatic N) is 3. The number of fused-ring (bicyclic) bond motifs is 3. The number of hydrogen-bond donors (Lipinski definition) is 1. The van der Waals surface area contributed by atoms with E-state index in [1.807, 2.05) is 116 Å². The Morgan fingerprint density at radius 2 is 1.56 bits per heavy atom. The summed E-state index contributed by atoms with van der Waals surface area (Å²) in [6.45, 7) is 3.76. The van der Waals surface area contributed by atoms with Crippen LogP contribution in [0.25, 0.3) is 5.69 Å². The quantitative estimate of drug-likeness (QED) is 0.308. The maximum atomic E-state index is 14.1. The number of benzene rings is 3. The Balaban J connectivity index is 1.51. The Morgan fingerprint density at radius 3 is 2.28 bits per heavy atom. The highest BCUT2D eigenvalue weighted by molar-refractivity contribution is 9.10. The van der Waals surface area contributed by atoms with E-state index in [1.165, 1.54) is 0 Å². The summed E-state index contributed by atoms with van der Waals surface area (Å²) >= 11 is 3.48.